The van der Waals surface area contributed by atoms with Crippen LogP contribution in [0.15, 0.2) is 39.0 Å². The Kier molecular flexibility index (Phi) is 5.42. The van der Waals surface area contributed by atoms with Crippen LogP contribution in [0.25, 0.3) is 0 Å². The van der Waals surface area contributed by atoms with Crippen LogP contribution in [0.4, 0.5) is 0 Å². The molecule has 0 bridgehead atoms. The number of Topliss-reactive ketones (excluding diaryl/α,β-unsaturated/α-hetero) is 1. The summed E-state index contributed by atoms with van der Waals surface area (Å²) in [5.74, 6) is 1.11. The molecule has 0 aliphatic carbocycles. The van der Waals surface area contributed by atoms with Gasteiger partial charge in [-0.25, -0.2) is 0 Å². The van der Waals surface area contributed by atoms with E-state index in [9.17, 15) is 4.79 Å². The number of nitrogens with zero attached hydrogens (tertiary/aromatic N) is 2. The molecule has 0 radical (unpaired) electrons. The van der Waals surface area contributed by atoms with Crippen molar-refractivity contribution in [1.82, 2.24) is 10.2 Å². The molecule has 1 heterocycles. The molecule has 1 aromatic heterocycles. The minimum Gasteiger partial charge on any atom is -0.293 e. The molecule has 1 aromatic carbocycles. The van der Waals surface area contributed by atoms with E-state index < -0.39 is 0 Å². The van der Waals surface area contributed by atoms with Crippen molar-refractivity contribution in [2.24, 2.45) is 0 Å². The van der Waals surface area contributed by atoms with Gasteiger partial charge in [-0.1, -0.05) is 72.1 Å². The minimum absolute atomic E-state index is 0.130. The van der Waals surface area contributed by atoms with Gasteiger partial charge in [0.1, 0.15) is 0 Å². The largest absolute Gasteiger partial charge is 0.293 e. The second kappa shape index (κ2) is 7.07. The van der Waals surface area contributed by atoms with Crippen LogP contribution in [0.1, 0.15) is 24.2 Å². The number of benzene rings is 1. The Labute approximate surface area is 125 Å². The molecule has 6 heteroatoms. The Hall–Kier alpha value is -0.850. The van der Waals surface area contributed by atoms with Gasteiger partial charge in [0, 0.05) is 5.56 Å². The fourth-order valence-corrected chi connectivity index (χ4v) is 4.61. The molecule has 0 N–H and O–H groups in total. The number of hydrogen-bond acceptors (Lipinski definition) is 6. The van der Waals surface area contributed by atoms with Crippen molar-refractivity contribution in [2.45, 2.75) is 27.8 Å². The molecule has 0 amide bonds. The highest BCUT2D eigenvalue weighted by Crippen LogP contribution is 2.32. The maximum absolute atomic E-state index is 12.2. The SMILES string of the molecule is CCSc1nnc(SC(C)C(=O)c2ccccc2)s1. The Morgan fingerprint density at radius 3 is 2.63 bits per heavy atom. The summed E-state index contributed by atoms with van der Waals surface area (Å²) in [6.07, 6.45) is 0. The Morgan fingerprint density at radius 1 is 1.26 bits per heavy atom. The van der Waals surface area contributed by atoms with Crippen LogP contribution in [0.5, 0.6) is 0 Å². The third-order valence-corrected chi connectivity index (χ3v) is 5.48. The second-order valence-electron chi connectivity index (χ2n) is 3.76. The highest BCUT2D eigenvalue weighted by molar-refractivity contribution is 8.03. The van der Waals surface area contributed by atoms with Gasteiger partial charge in [0.05, 0.1) is 5.25 Å². The van der Waals surface area contributed by atoms with E-state index in [1.54, 1.807) is 23.1 Å². The summed E-state index contributed by atoms with van der Waals surface area (Å²) in [4.78, 5) is 12.2. The predicted octanol–water partition coefficient (Wildman–Crippen LogP) is 4.01. The molecule has 0 spiro atoms. The highest BCUT2D eigenvalue weighted by Gasteiger charge is 2.18. The fraction of sp³-hybridized carbons (Fsp3) is 0.308. The molecule has 3 nitrogen and oxygen atoms in total. The maximum Gasteiger partial charge on any atom is 0.175 e. The first-order chi connectivity index (χ1) is 9.20. The van der Waals surface area contributed by atoms with Gasteiger partial charge in [-0.2, -0.15) is 0 Å². The van der Waals surface area contributed by atoms with E-state index in [-0.39, 0.29) is 11.0 Å². The van der Waals surface area contributed by atoms with Crippen molar-refractivity contribution >= 4 is 40.6 Å². The monoisotopic (exact) mass is 310 g/mol. The lowest BCUT2D eigenvalue weighted by Crippen LogP contribution is -2.13. The topological polar surface area (TPSA) is 42.9 Å². The second-order valence-corrected chi connectivity index (χ2v) is 7.83. The van der Waals surface area contributed by atoms with Crippen molar-refractivity contribution in [3.05, 3.63) is 35.9 Å². The summed E-state index contributed by atoms with van der Waals surface area (Å²) in [6.45, 7) is 3.99. The van der Waals surface area contributed by atoms with Crippen LogP contribution in [0.2, 0.25) is 0 Å². The van der Waals surface area contributed by atoms with E-state index in [4.69, 9.17) is 0 Å². The summed E-state index contributed by atoms with van der Waals surface area (Å²) >= 11 is 4.70. The minimum atomic E-state index is -0.144. The summed E-state index contributed by atoms with van der Waals surface area (Å²) < 4.78 is 1.82. The molecule has 0 fully saturated rings. The number of aromatic nitrogens is 2. The van der Waals surface area contributed by atoms with Gasteiger partial charge in [-0.3, -0.25) is 4.79 Å². The first kappa shape index (κ1) is 14.6. The zero-order valence-electron chi connectivity index (χ0n) is 10.7. The van der Waals surface area contributed by atoms with Crippen molar-refractivity contribution < 1.29 is 4.79 Å². The molecule has 0 aliphatic rings. The summed E-state index contributed by atoms with van der Waals surface area (Å²) in [5, 5.41) is 8.06. The van der Waals surface area contributed by atoms with Gasteiger partial charge in [0.2, 0.25) is 0 Å². The zero-order valence-corrected chi connectivity index (χ0v) is 13.1. The molecule has 1 atom stereocenters. The molecular weight excluding hydrogens is 296 g/mol. The fourth-order valence-electron chi connectivity index (χ4n) is 1.47. The van der Waals surface area contributed by atoms with Gasteiger partial charge in [-0.15, -0.1) is 10.2 Å². The Bertz CT molecular complexity index is 542. The molecule has 2 aromatic rings. The summed E-state index contributed by atoms with van der Waals surface area (Å²) in [5.41, 5.74) is 0.746. The molecule has 0 aliphatic heterocycles. The van der Waals surface area contributed by atoms with E-state index in [1.165, 1.54) is 11.8 Å². The average Bonchev–Trinajstić information content (AvgIpc) is 2.86. The molecule has 0 saturated heterocycles. The molecule has 19 heavy (non-hydrogen) atoms. The first-order valence-corrected chi connectivity index (χ1v) is 8.61. The maximum atomic E-state index is 12.2. The van der Waals surface area contributed by atoms with Crippen LogP contribution < -0.4 is 0 Å². The van der Waals surface area contributed by atoms with Gasteiger partial charge < -0.3 is 0 Å². The third-order valence-electron chi connectivity index (χ3n) is 2.36. The molecule has 0 saturated carbocycles. The van der Waals surface area contributed by atoms with Crippen molar-refractivity contribution in [2.75, 3.05) is 5.75 Å². The van der Waals surface area contributed by atoms with Crippen molar-refractivity contribution in [3.8, 4) is 0 Å². The lowest BCUT2D eigenvalue weighted by atomic mass is 10.1. The predicted molar refractivity (Wildman–Crippen MR) is 82.4 cm³/mol. The number of carbonyl (C=O) groups is 1. The average molecular weight is 310 g/mol. The number of carbonyl (C=O) groups excluding carboxylic acids is 1. The van der Waals surface area contributed by atoms with E-state index >= 15 is 0 Å². The van der Waals surface area contributed by atoms with E-state index in [2.05, 4.69) is 17.1 Å². The Balaban J connectivity index is 2.00. The molecule has 2 rings (SSSR count). The van der Waals surface area contributed by atoms with Crippen molar-refractivity contribution in [1.29, 1.82) is 0 Å². The zero-order chi connectivity index (χ0) is 13.7. The summed E-state index contributed by atoms with van der Waals surface area (Å²) in [7, 11) is 0. The van der Waals surface area contributed by atoms with Crippen LogP contribution in [0.3, 0.4) is 0 Å². The van der Waals surface area contributed by atoms with Crippen LogP contribution in [0, 0.1) is 0 Å². The molecular formula is C13H14N2OS3. The normalized spacial score (nSPS) is 12.3. The standard InChI is InChI=1S/C13H14N2OS3/c1-3-17-12-14-15-13(19-12)18-9(2)11(16)10-7-5-4-6-8-10/h4-9H,3H2,1-2H3. The van der Waals surface area contributed by atoms with Crippen LogP contribution in [-0.4, -0.2) is 27.0 Å². The molecule has 1 unspecified atom stereocenters. The number of rotatable bonds is 6. The number of thioether (sulfide) groups is 2. The quantitative estimate of drug-likeness (QED) is 0.595. The van der Waals surface area contributed by atoms with Crippen LogP contribution in [-0.2, 0) is 0 Å². The van der Waals surface area contributed by atoms with Gasteiger partial charge in [-0.05, 0) is 12.7 Å². The van der Waals surface area contributed by atoms with E-state index in [1.807, 2.05) is 37.3 Å². The summed E-state index contributed by atoms with van der Waals surface area (Å²) in [6, 6.07) is 9.36. The Morgan fingerprint density at radius 2 is 1.95 bits per heavy atom. The lowest BCUT2D eigenvalue weighted by molar-refractivity contribution is 0.0994. The third kappa shape index (κ3) is 4.06. The first-order valence-electron chi connectivity index (χ1n) is 5.93. The molecule has 100 valence electrons. The van der Waals surface area contributed by atoms with E-state index in [0.717, 1.165) is 20.0 Å². The van der Waals surface area contributed by atoms with E-state index in [0.29, 0.717) is 0 Å². The van der Waals surface area contributed by atoms with Crippen molar-refractivity contribution in [3.63, 3.8) is 0 Å². The lowest BCUT2D eigenvalue weighted by Gasteiger charge is -2.07. The smallest absolute Gasteiger partial charge is 0.175 e. The number of hydrogen-bond donors (Lipinski definition) is 0. The highest BCUT2D eigenvalue weighted by atomic mass is 32.2. The van der Waals surface area contributed by atoms with Gasteiger partial charge in [0.25, 0.3) is 0 Å². The number of ketones is 1. The van der Waals surface area contributed by atoms with Gasteiger partial charge in [0.15, 0.2) is 14.5 Å². The van der Waals surface area contributed by atoms with Crippen LogP contribution >= 0.6 is 34.9 Å². The van der Waals surface area contributed by atoms with Gasteiger partial charge >= 0.3 is 0 Å².